The van der Waals surface area contributed by atoms with Crippen molar-refractivity contribution in [1.82, 2.24) is 0 Å². The van der Waals surface area contributed by atoms with E-state index in [4.69, 9.17) is 19.2 Å². The summed E-state index contributed by atoms with van der Waals surface area (Å²) in [5.74, 6) is 0.437. The molecule has 1 N–H and O–H groups in total. The molecule has 5 fully saturated rings. The molecule has 1 saturated carbocycles. The Morgan fingerprint density at radius 2 is 1.85 bits per heavy atom. The molecular weight excluding hydrogens is 260 g/mol. The summed E-state index contributed by atoms with van der Waals surface area (Å²) in [6.45, 7) is 6.22. The Balaban J connectivity index is 1.82. The monoisotopic (exact) mass is 284 g/mol. The molecule has 2 bridgehead atoms. The fourth-order valence-electron chi connectivity index (χ4n) is 4.89. The van der Waals surface area contributed by atoms with E-state index in [0.717, 1.165) is 19.3 Å². The quantitative estimate of drug-likeness (QED) is 0.691. The van der Waals surface area contributed by atoms with Crippen molar-refractivity contribution in [2.75, 3.05) is 0 Å². The molecule has 1 spiro atoms. The van der Waals surface area contributed by atoms with Gasteiger partial charge in [0.2, 0.25) is 5.79 Å². The Morgan fingerprint density at radius 3 is 2.65 bits per heavy atom. The van der Waals surface area contributed by atoms with Crippen LogP contribution in [-0.4, -0.2) is 29.1 Å². The molecule has 5 heteroatoms. The second-order valence-corrected chi connectivity index (χ2v) is 7.30. The molecule has 0 aromatic rings. The zero-order valence-electron chi connectivity index (χ0n) is 12.4. The highest BCUT2D eigenvalue weighted by Gasteiger charge is 2.69. The van der Waals surface area contributed by atoms with Crippen LogP contribution >= 0.6 is 0 Å². The first-order valence-electron chi connectivity index (χ1n) is 7.84. The lowest BCUT2D eigenvalue weighted by Crippen LogP contribution is -2.70. The van der Waals surface area contributed by atoms with Gasteiger partial charge in [-0.25, -0.2) is 9.78 Å². The van der Waals surface area contributed by atoms with Gasteiger partial charge in [0.05, 0.1) is 0 Å². The average Bonchev–Trinajstić information content (AvgIpc) is 2.63. The maximum Gasteiger partial charge on any atom is 0.201 e. The van der Waals surface area contributed by atoms with Crippen LogP contribution in [0.4, 0.5) is 0 Å². The predicted molar refractivity (Wildman–Crippen MR) is 69.0 cm³/mol. The number of aliphatic hydroxyl groups is 1. The summed E-state index contributed by atoms with van der Waals surface area (Å²) in [6.07, 6.45) is 2.72. The van der Waals surface area contributed by atoms with Crippen molar-refractivity contribution in [3.8, 4) is 0 Å². The normalized spacial score (nSPS) is 61.8. The minimum Gasteiger partial charge on any atom is -0.368 e. The highest BCUT2D eigenvalue weighted by molar-refractivity contribution is 5.08. The van der Waals surface area contributed by atoms with Gasteiger partial charge in [-0.2, -0.15) is 0 Å². The molecule has 0 aromatic heterocycles. The van der Waals surface area contributed by atoms with E-state index in [1.165, 1.54) is 6.42 Å². The summed E-state index contributed by atoms with van der Waals surface area (Å²) >= 11 is 0. The summed E-state index contributed by atoms with van der Waals surface area (Å²) in [5.41, 5.74) is -0.549. The molecule has 5 aliphatic rings. The van der Waals surface area contributed by atoms with E-state index >= 15 is 0 Å². The van der Waals surface area contributed by atoms with Crippen LogP contribution < -0.4 is 0 Å². The lowest BCUT2D eigenvalue weighted by atomic mass is 9.58. The molecule has 0 radical (unpaired) electrons. The van der Waals surface area contributed by atoms with Crippen LogP contribution in [0.3, 0.4) is 0 Å². The van der Waals surface area contributed by atoms with Crippen LogP contribution in [0.1, 0.15) is 46.5 Å². The van der Waals surface area contributed by atoms with Gasteiger partial charge in [0, 0.05) is 18.3 Å². The lowest BCUT2D eigenvalue weighted by molar-refractivity contribution is -0.576. The van der Waals surface area contributed by atoms with E-state index in [2.05, 4.69) is 6.92 Å². The third kappa shape index (κ3) is 1.56. The molecule has 5 nitrogen and oxygen atoms in total. The van der Waals surface area contributed by atoms with Gasteiger partial charge in [0.15, 0.2) is 18.2 Å². The molecule has 1 aliphatic carbocycles. The molecular formula is C15H24O5. The van der Waals surface area contributed by atoms with Gasteiger partial charge in [-0.1, -0.05) is 13.8 Å². The smallest absolute Gasteiger partial charge is 0.201 e. The topological polar surface area (TPSA) is 57.2 Å². The molecule has 4 aliphatic heterocycles. The van der Waals surface area contributed by atoms with Crippen molar-refractivity contribution in [2.24, 2.45) is 23.7 Å². The fraction of sp³-hybridized carbons (Fsp3) is 1.00. The summed E-state index contributed by atoms with van der Waals surface area (Å²) < 4.78 is 11.9. The third-order valence-corrected chi connectivity index (χ3v) is 6.12. The number of hydrogen-bond acceptors (Lipinski definition) is 5. The Hall–Kier alpha value is -0.200. The Kier molecular flexibility index (Phi) is 2.81. The second kappa shape index (κ2) is 4.17. The number of fused-ring (bicyclic) bond motifs is 2. The third-order valence-electron chi connectivity index (χ3n) is 6.12. The predicted octanol–water partition coefficient (Wildman–Crippen LogP) is 2.19. The van der Waals surface area contributed by atoms with Crippen molar-refractivity contribution in [2.45, 2.75) is 70.4 Å². The van der Waals surface area contributed by atoms with E-state index in [1.807, 2.05) is 13.8 Å². The van der Waals surface area contributed by atoms with Gasteiger partial charge in [-0.15, -0.1) is 0 Å². The van der Waals surface area contributed by atoms with Crippen LogP contribution in [0.25, 0.3) is 0 Å². The molecule has 4 heterocycles. The Morgan fingerprint density at radius 1 is 1.05 bits per heavy atom. The summed E-state index contributed by atoms with van der Waals surface area (Å²) in [7, 11) is 0. The van der Waals surface area contributed by atoms with E-state index in [9.17, 15) is 5.11 Å². The zero-order valence-corrected chi connectivity index (χ0v) is 12.4. The summed E-state index contributed by atoms with van der Waals surface area (Å²) in [5, 5.41) is 10.2. The highest BCUT2D eigenvalue weighted by Crippen LogP contribution is 2.60. The molecule has 20 heavy (non-hydrogen) atoms. The molecule has 8 atom stereocenters. The van der Waals surface area contributed by atoms with Crippen molar-refractivity contribution in [1.29, 1.82) is 0 Å². The zero-order chi connectivity index (χ0) is 14.1. The maximum absolute atomic E-state index is 10.2. The van der Waals surface area contributed by atoms with E-state index in [0.29, 0.717) is 11.8 Å². The number of rotatable bonds is 0. The minimum absolute atomic E-state index is 0.0379. The lowest BCUT2D eigenvalue weighted by Gasteiger charge is -2.59. The standard InChI is InChI=1S/C15H24O5/c1-8-4-5-11-9(2)12(16)17-13-15(11)10(8)6-7-14(3,18-13)19-20-15/h8-13,16H,4-7H2,1-3H3/t8-,9-,10-,11+,12-,13+,14-,15-/m0/s1. The molecule has 4 saturated heterocycles. The SMILES string of the molecule is C[C@H]1[C@H]2CC[C@H](C)[C@@H]3CC[C@]4(C)OO[C@]23[C@H](O[C@@H]1O)O4. The largest absolute Gasteiger partial charge is 0.368 e. The number of ether oxygens (including phenoxy) is 2. The van der Waals surface area contributed by atoms with Crippen molar-refractivity contribution in [3.05, 3.63) is 0 Å². The molecule has 5 rings (SSSR count). The Labute approximate surface area is 119 Å². The van der Waals surface area contributed by atoms with Gasteiger partial charge in [-0.3, -0.25) is 0 Å². The Bertz CT molecular complexity index is 411. The fourth-order valence-corrected chi connectivity index (χ4v) is 4.89. The molecule has 0 aromatic carbocycles. The summed E-state index contributed by atoms with van der Waals surface area (Å²) in [4.78, 5) is 11.6. The van der Waals surface area contributed by atoms with E-state index in [1.54, 1.807) is 0 Å². The van der Waals surface area contributed by atoms with E-state index < -0.39 is 24.0 Å². The summed E-state index contributed by atoms with van der Waals surface area (Å²) in [6, 6.07) is 0. The maximum atomic E-state index is 10.2. The van der Waals surface area contributed by atoms with Crippen LogP contribution in [-0.2, 0) is 19.2 Å². The average molecular weight is 284 g/mol. The molecule has 0 unspecified atom stereocenters. The molecule has 114 valence electrons. The van der Waals surface area contributed by atoms with Crippen LogP contribution in [0, 0.1) is 23.7 Å². The molecule has 0 amide bonds. The van der Waals surface area contributed by atoms with Crippen LogP contribution in [0.5, 0.6) is 0 Å². The van der Waals surface area contributed by atoms with Gasteiger partial charge in [0.1, 0.15) is 0 Å². The van der Waals surface area contributed by atoms with E-state index in [-0.39, 0.29) is 11.8 Å². The second-order valence-electron chi connectivity index (χ2n) is 7.30. The van der Waals surface area contributed by atoms with Gasteiger partial charge in [0.25, 0.3) is 0 Å². The first-order chi connectivity index (χ1) is 9.46. The van der Waals surface area contributed by atoms with Crippen molar-refractivity contribution >= 4 is 0 Å². The van der Waals surface area contributed by atoms with Gasteiger partial charge >= 0.3 is 0 Å². The van der Waals surface area contributed by atoms with Crippen molar-refractivity contribution in [3.63, 3.8) is 0 Å². The first kappa shape index (κ1) is 13.5. The van der Waals surface area contributed by atoms with Gasteiger partial charge < -0.3 is 14.6 Å². The van der Waals surface area contributed by atoms with Gasteiger partial charge in [-0.05, 0) is 38.0 Å². The first-order valence-corrected chi connectivity index (χ1v) is 7.84. The highest BCUT2D eigenvalue weighted by atomic mass is 17.3. The van der Waals surface area contributed by atoms with Crippen LogP contribution in [0.2, 0.25) is 0 Å². The number of hydrogen-bond donors (Lipinski definition) is 1. The van der Waals surface area contributed by atoms with Crippen LogP contribution in [0.15, 0.2) is 0 Å². The minimum atomic E-state index is -0.781. The number of aliphatic hydroxyl groups excluding tert-OH is 1. The van der Waals surface area contributed by atoms with Crippen molar-refractivity contribution < 1.29 is 24.4 Å².